The molecule has 0 N–H and O–H groups in total. The van der Waals surface area contributed by atoms with E-state index in [1.165, 1.54) is 15.8 Å². The highest BCUT2D eigenvalue weighted by molar-refractivity contribution is 7.89. The van der Waals surface area contributed by atoms with E-state index in [2.05, 4.69) is 11.2 Å². The molecule has 2 amide bonds. The number of sulfonamides is 1. The summed E-state index contributed by atoms with van der Waals surface area (Å²) in [5.74, 6) is 0. The lowest BCUT2D eigenvalue weighted by Crippen LogP contribution is -2.52. The van der Waals surface area contributed by atoms with E-state index in [0.29, 0.717) is 18.4 Å². The molecule has 0 aliphatic carbocycles. The van der Waals surface area contributed by atoms with E-state index >= 15 is 0 Å². The van der Waals surface area contributed by atoms with E-state index in [9.17, 15) is 13.2 Å². The number of fused-ring (bicyclic) bond motifs is 1. The van der Waals surface area contributed by atoms with E-state index in [1.807, 2.05) is 36.4 Å². The number of anilines is 1. The van der Waals surface area contributed by atoms with Gasteiger partial charge in [0, 0.05) is 20.1 Å². The standard InChI is InChI=1S/C22H21N5O3S/c1-25-21-20(16-24-25)26(12-10-18-8-5-9-19(14-18)15-23)22(28)27(31(21,29)30)13-11-17-6-3-2-4-7-17/h2-9,14,16H,10-13H2,1H3. The molecule has 0 saturated carbocycles. The summed E-state index contributed by atoms with van der Waals surface area (Å²) in [7, 11) is -2.46. The Morgan fingerprint density at radius 2 is 1.71 bits per heavy atom. The third-order valence-electron chi connectivity index (χ3n) is 5.26. The molecule has 2 heterocycles. The van der Waals surface area contributed by atoms with Crippen molar-refractivity contribution in [2.45, 2.75) is 17.9 Å². The van der Waals surface area contributed by atoms with Crippen molar-refractivity contribution in [1.82, 2.24) is 14.1 Å². The second-order valence-electron chi connectivity index (χ2n) is 7.27. The van der Waals surface area contributed by atoms with Crippen LogP contribution in [0.5, 0.6) is 0 Å². The second kappa shape index (κ2) is 8.24. The number of benzene rings is 2. The van der Waals surface area contributed by atoms with Crippen molar-refractivity contribution in [3.63, 3.8) is 0 Å². The van der Waals surface area contributed by atoms with Crippen LogP contribution in [0.3, 0.4) is 0 Å². The highest BCUT2D eigenvalue weighted by Gasteiger charge is 2.43. The molecule has 1 aliphatic rings. The summed E-state index contributed by atoms with van der Waals surface area (Å²) in [5.41, 5.74) is 2.65. The lowest BCUT2D eigenvalue weighted by atomic mass is 10.1. The lowest BCUT2D eigenvalue weighted by molar-refractivity contribution is 0.227. The first kappa shape index (κ1) is 20.6. The van der Waals surface area contributed by atoms with Crippen LogP contribution in [0.25, 0.3) is 0 Å². The Morgan fingerprint density at radius 1 is 1.00 bits per heavy atom. The fraction of sp³-hybridized carbons (Fsp3) is 0.227. The van der Waals surface area contributed by atoms with Crippen molar-refractivity contribution in [3.05, 3.63) is 77.5 Å². The maximum absolute atomic E-state index is 13.3. The summed E-state index contributed by atoms with van der Waals surface area (Å²) in [4.78, 5) is 14.7. The SMILES string of the molecule is Cn1ncc2c1S(=O)(=O)N(CCc1ccccc1)C(=O)N2CCc1cccc(C#N)c1. The molecular weight excluding hydrogens is 414 g/mol. The number of amides is 2. The van der Waals surface area contributed by atoms with Gasteiger partial charge in [-0.1, -0.05) is 42.5 Å². The van der Waals surface area contributed by atoms with Crippen LogP contribution < -0.4 is 4.90 Å². The van der Waals surface area contributed by atoms with Crippen molar-refractivity contribution in [1.29, 1.82) is 5.26 Å². The molecule has 8 nitrogen and oxygen atoms in total. The van der Waals surface area contributed by atoms with E-state index in [4.69, 9.17) is 5.26 Å². The van der Waals surface area contributed by atoms with Gasteiger partial charge in [0.15, 0.2) is 5.03 Å². The number of aromatic nitrogens is 2. The van der Waals surface area contributed by atoms with Crippen molar-refractivity contribution in [3.8, 4) is 6.07 Å². The maximum atomic E-state index is 13.3. The minimum absolute atomic E-state index is 0.00550. The first-order valence-corrected chi connectivity index (χ1v) is 11.2. The predicted molar refractivity (Wildman–Crippen MR) is 115 cm³/mol. The number of nitrogens with zero attached hydrogens (tertiary/aromatic N) is 5. The highest BCUT2D eigenvalue weighted by atomic mass is 32.2. The number of hydrogen-bond acceptors (Lipinski definition) is 5. The van der Waals surface area contributed by atoms with Gasteiger partial charge in [0.25, 0.3) is 10.0 Å². The van der Waals surface area contributed by atoms with Gasteiger partial charge in [-0.15, -0.1) is 0 Å². The van der Waals surface area contributed by atoms with Crippen LogP contribution in [0, 0.1) is 11.3 Å². The summed E-state index contributed by atoms with van der Waals surface area (Å²) in [5, 5.41) is 13.2. The summed E-state index contributed by atoms with van der Waals surface area (Å²) in [6.07, 6.45) is 2.30. The quantitative estimate of drug-likeness (QED) is 0.593. The molecule has 0 bridgehead atoms. The number of carbonyl (C=O) groups is 1. The van der Waals surface area contributed by atoms with E-state index < -0.39 is 16.1 Å². The van der Waals surface area contributed by atoms with Crippen LogP contribution in [0.4, 0.5) is 10.5 Å². The Hall–Kier alpha value is -3.64. The number of carbonyl (C=O) groups excluding carboxylic acids is 1. The Bertz CT molecular complexity index is 1260. The second-order valence-corrected chi connectivity index (χ2v) is 9.05. The van der Waals surface area contributed by atoms with Crippen LogP contribution in [0.15, 0.2) is 65.8 Å². The zero-order valence-electron chi connectivity index (χ0n) is 17.0. The van der Waals surface area contributed by atoms with Crippen LogP contribution in [-0.2, 0) is 29.9 Å². The normalized spacial score (nSPS) is 14.9. The minimum Gasteiger partial charge on any atom is -0.289 e. The van der Waals surface area contributed by atoms with Gasteiger partial charge in [-0.05, 0) is 36.1 Å². The van der Waals surface area contributed by atoms with Gasteiger partial charge < -0.3 is 0 Å². The molecule has 158 valence electrons. The Kier molecular flexibility index (Phi) is 5.48. The largest absolute Gasteiger partial charge is 0.338 e. The smallest absolute Gasteiger partial charge is 0.289 e. The van der Waals surface area contributed by atoms with Crippen molar-refractivity contribution in [2.75, 3.05) is 18.0 Å². The van der Waals surface area contributed by atoms with Gasteiger partial charge >= 0.3 is 6.03 Å². The molecule has 0 spiro atoms. The van der Waals surface area contributed by atoms with Gasteiger partial charge in [-0.25, -0.2) is 9.10 Å². The Morgan fingerprint density at radius 3 is 2.45 bits per heavy atom. The lowest BCUT2D eigenvalue weighted by Gasteiger charge is -2.34. The summed E-state index contributed by atoms with van der Waals surface area (Å²) >= 11 is 0. The fourth-order valence-electron chi connectivity index (χ4n) is 3.69. The Balaban J connectivity index is 1.63. The molecule has 0 saturated heterocycles. The van der Waals surface area contributed by atoms with Crippen molar-refractivity contribution >= 4 is 21.7 Å². The number of rotatable bonds is 6. The first-order chi connectivity index (χ1) is 14.9. The molecule has 0 atom stereocenters. The summed E-state index contributed by atoms with van der Waals surface area (Å²) in [6, 6.07) is 18.1. The van der Waals surface area contributed by atoms with Crippen LogP contribution in [-0.4, -0.2) is 41.6 Å². The molecule has 9 heteroatoms. The third kappa shape index (κ3) is 3.90. The monoisotopic (exact) mass is 435 g/mol. The number of aryl methyl sites for hydroxylation is 1. The highest BCUT2D eigenvalue weighted by Crippen LogP contribution is 2.34. The molecule has 0 radical (unpaired) electrons. The van der Waals surface area contributed by atoms with Crippen molar-refractivity contribution < 1.29 is 13.2 Å². The van der Waals surface area contributed by atoms with Gasteiger partial charge in [-0.3, -0.25) is 9.58 Å². The molecule has 3 aromatic rings. The molecular formula is C22H21N5O3S. The molecule has 0 fully saturated rings. The average molecular weight is 436 g/mol. The van der Waals surface area contributed by atoms with Gasteiger partial charge in [0.1, 0.15) is 5.69 Å². The van der Waals surface area contributed by atoms with Crippen LogP contribution >= 0.6 is 0 Å². The number of hydrogen-bond donors (Lipinski definition) is 0. The fourth-order valence-corrected chi connectivity index (χ4v) is 5.34. The Labute approximate surface area is 181 Å². The first-order valence-electron chi connectivity index (χ1n) is 9.81. The maximum Gasteiger partial charge on any atom is 0.338 e. The molecule has 1 aromatic heterocycles. The van der Waals surface area contributed by atoms with E-state index in [1.54, 1.807) is 25.2 Å². The molecule has 0 unspecified atom stereocenters. The summed E-state index contributed by atoms with van der Waals surface area (Å²) < 4.78 is 28.6. The zero-order chi connectivity index (χ0) is 22.0. The van der Waals surface area contributed by atoms with Gasteiger partial charge in [0.2, 0.25) is 0 Å². The predicted octanol–water partition coefficient (Wildman–Crippen LogP) is 2.71. The van der Waals surface area contributed by atoms with E-state index in [-0.39, 0.29) is 23.8 Å². The van der Waals surface area contributed by atoms with Gasteiger partial charge in [-0.2, -0.15) is 18.8 Å². The molecule has 2 aromatic carbocycles. The summed E-state index contributed by atoms with van der Waals surface area (Å²) in [6.45, 7) is 0.306. The van der Waals surface area contributed by atoms with Crippen molar-refractivity contribution in [2.24, 2.45) is 7.05 Å². The third-order valence-corrected chi connectivity index (χ3v) is 7.14. The number of urea groups is 1. The zero-order valence-corrected chi connectivity index (χ0v) is 17.8. The number of nitriles is 1. The molecule has 1 aliphatic heterocycles. The van der Waals surface area contributed by atoms with Crippen LogP contribution in [0.1, 0.15) is 16.7 Å². The minimum atomic E-state index is -4.02. The van der Waals surface area contributed by atoms with Gasteiger partial charge in [0.05, 0.1) is 17.8 Å². The van der Waals surface area contributed by atoms with Crippen LogP contribution in [0.2, 0.25) is 0 Å². The van der Waals surface area contributed by atoms with E-state index in [0.717, 1.165) is 15.4 Å². The average Bonchev–Trinajstić information content (AvgIpc) is 3.16. The molecule has 4 rings (SSSR count). The topological polar surface area (TPSA) is 99.3 Å². The molecule has 31 heavy (non-hydrogen) atoms.